The van der Waals surface area contributed by atoms with E-state index in [1.807, 2.05) is 0 Å². The summed E-state index contributed by atoms with van der Waals surface area (Å²) < 4.78 is 13.1. The maximum Gasteiger partial charge on any atom is 0.258 e. The van der Waals surface area contributed by atoms with Gasteiger partial charge >= 0.3 is 0 Å². The lowest BCUT2D eigenvalue weighted by Gasteiger charge is -2.17. The minimum Gasteiger partial charge on any atom is -0.508 e. The number of aromatic hydroxyl groups is 1. The van der Waals surface area contributed by atoms with Gasteiger partial charge in [0, 0.05) is 18.3 Å². The van der Waals surface area contributed by atoms with Crippen LogP contribution in [-0.4, -0.2) is 18.1 Å². The number of hydrogen-bond acceptors (Lipinski definition) is 2. The van der Waals surface area contributed by atoms with E-state index in [0.717, 1.165) is 0 Å². The summed E-state index contributed by atoms with van der Waals surface area (Å²) in [4.78, 5) is 13.6. The van der Waals surface area contributed by atoms with Gasteiger partial charge < -0.3 is 10.0 Å². The highest BCUT2D eigenvalue weighted by molar-refractivity contribution is 6.05. The third kappa shape index (κ3) is 2.73. The van der Waals surface area contributed by atoms with Crippen molar-refractivity contribution in [2.24, 2.45) is 0 Å². The van der Waals surface area contributed by atoms with E-state index in [0.29, 0.717) is 16.8 Å². The van der Waals surface area contributed by atoms with Gasteiger partial charge in [0.15, 0.2) is 0 Å². The van der Waals surface area contributed by atoms with Crippen molar-refractivity contribution in [1.82, 2.24) is 0 Å². The second-order valence-corrected chi connectivity index (χ2v) is 4.35. The second kappa shape index (κ2) is 5.10. The predicted molar refractivity (Wildman–Crippen MR) is 72.0 cm³/mol. The Morgan fingerprint density at radius 1 is 1.21 bits per heavy atom. The zero-order valence-electron chi connectivity index (χ0n) is 10.7. The lowest BCUT2D eigenvalue weighted by atomic mass is 10.1. The van der Waals surface area contributed by atoms with Gasteiger partial charge in [0.25, 0.3) is 5.91 Å². The quantitative estimate of drug-likeness (QED) is 0.900. The molecule has 1 N–H and O–H groups in total. The number of carbonyl (C=O) groups excluding carboxylic acids is 1. The largest absolute Gasteiger partial charge is 0.508 e. The van der Waals surface area contributed by atoms with Crippen LogP contribution in [0.2, 0.25) is 0 Å². The molecule has 0 saturated carbocycles. The molecule has 2 rings (SSSR count). The molecule has 0 bridgehead atoms. The Balaban J connectivity index is 2.30. The molecule has 98 valence electrons. The van der Waals surface area contributed by atoms with Crippen LogP contribution in [0.1, 0.15) is 15.9 Å². The minimum absolute atomic E-state index is 0.143. The van der Waals surface area contributed by atoms with Crippen molar-refractivity contribution in [2.45, 2.75) is 6.92 Å². The highest BCUT2D eigenvalue weighted by Gasteiger charge is 2.14. The van der Waals surface area contributed by atoms with Gasteiger partial charge in [-0.1, -0.05) is 6.07 Å². The summed E-state index contributed by atoms with van der Waals surface area (Å²) in [5.41, 5.74) is 1.55. The van der Waals surface area contributed by atoms with E-state index < -0.39 is 0 Å². The van der Waals surface area contributed by atoms with Crippen LogP contribution in [0.4, 0.5) is 10.1 Å². The molecular weight excluding hydrogens is 245 g/mol. The molecule has 0 unspecified atom stereocenters. The fraction of sp³-hybridized carbons (Fsp3) is 0.133. The topological polar surface area (TPSA) is 40.5 Å². The third-order valence-electron chi connectivity index (χ3n) is 2.94. The number of aryl methyl sites for hydroxylation is 1. The molecule has 4 heteroatoms. The SMILES string of the molecule is Cc1cc(C(=O)N(C)c2cccc(F)c2)ccc1O. The molecule has 0 aliphatic carbocycles. The van der Waals surface area contributed by atoms with Crippen LogP contribution in [0.25, 0.3) is 0 Å². The van der Waals surface area contributed by atoms with Crippen molar-refractivity contribution in [1.29, 1.82) is 0 Å². The van der Waals surface area contributed by atoms with Gasteiger partial charge in [0.2, 0.25) is 0 Å². The molecule has 0 radical (unpaired) electrons. The zero-order chi connectivity index (χ0) is 14.0. The molecule has 0 saturated heterocycles. The fourth-order valence-corrected chi connectivity index (χ4v) is 1.78. The standard InChI is InChI=1S/C15H14FNO2/c1-10-8-11(6-7-14(10)18)15(19)17(2)13-5-3-4-12(16)9-13/h3-9,18H,1-2H3. The molecule has 2 aromatic carbocycles. The van der Waals surface area contributed by atoms with Gasteiger partial charge in [0.1, 0.15) is 11.6 Å². The maximum atomic E-state index is 13.1. The lowest BCUT2D eigenvalue weighted by molar-refractivity contribution is 0.0993. The number of halogens is 1. The van der Waals surface area contributed by atoms with Gasteiger partial charge in [0.05, 0.1) is 0 Å². The molecule has 0 fully saturated rings. The van der Waals surface area contributed by atoms with Crippen LogP contribution in [0.15, 0.2) is 42.5 Å². The van der Waals surface area contributed by atoms with Crippen molar-refractivity contribution < 1.29 is 14.3 Å². The molecule has 3 nitrogen and oxygen atoms in total. The van der Waals surface area contributed by atoms with E-state index >= 15 is 0 Å². The Morgan fingerprint density at radius 3 is 2.58 bits per heavy atom. The number of rotatable bonds is 2. The van der Waals surface area contributed by atoms with Crippen molar-refractivity contribution in [3.8, 4) is 5.75 Å². The Morgan fingerprint density at radius 2 is 1.95 bits per heavy atom. The predicted octanol–water partition coefficient (Wildman–Crippen LogP) is 3.12. The third-order valence-corrected chi connectivity index (χ3v) is 2.94. The summed E-state index contributed by atoms with van der Waals surface area (Å²) in [7, 11) is 1.58. The molecule has 1 amide bonds. The van der Waals surface area contributed by atoms with Crippen LogP contribution in [-0.2, 0) is 0 Å². The number of carbonyl (C=O) groups is 1. The molecule has 0 atom stereocenters. The summed E-state index contributed by atoms with van der Waals surface area (Å²) in [6.07, 6.45) is 0. The first kappa shape index (κ1) is 13.1. The molecule has 2 aromatic rings. The number of nitrogens with zero attached hydrogens (tertiary/aromatic N) is 1. The first-order valence-corrected chi connectivity index (χ1v) is 5.82. The maximum absolute atomic E-state index is 13.1. The van der Waals surface area contributed by atoms with Crippen LogP contribution in [0.3, 0.4) is 0 Å². The normalized spacial score (nSPS) is 10.3. The number of phenolic OH excluding ortho intramolecular Hbond substituents is 1. The van der Waals surface area contributed by atoms with E-state index in [4.69, 9.17) is 0 Å². The summed E-state index contributed by atoms with van der Waals surface area (Å²) in [6.45, 7) is 1.72. The number of amides is 1. The summed E-state index contributed by atoms with van der Waals surface area (Å²) in [5, 5.41) is 9.44. The Bertz CT molecular complexity index is 625. The van der Waals surface area contributed by atoms with Crippen molar-refractivity contribution in [3.05, 3.63) is 59.4 Å². The Kier molecular flexibility index (Phi) is 3.51. The smallest absolute Gasteiger partial charge is 0.258 e. The van der Waals surface area contributed by atoms with Crippen LogP contribution in [0, 0.1) is 12.7 Å². The summed E-state index contributed by atoms with van der Waals surface area (Å²) >= 11 is 0. The van der Waals surface area contributed by atoms with Crippen LogP contribution in [0.5, 0.6) is 5.75 Å². The molecule has 0 spiro atoms. The van der Waals surface area contributed by atoms with Gasteiger partial charge in [-0.25, -0.2) is 4.39 Å². The monoisotopic (exact) mass is 259 g/mol. The van der Waals surface area contributed by atoms with Gasteiger partial charge in [-0.3, -0.25) is 4.79 Å². The first-order chi connectivity index (χ1) is 8.99. The van der Waals surface area contributed by atoms with Gasteiger partial charge in [-0.05, 0) is 48.9 Å². The molecule has 0 aliphatic heterocycles. The fourth-order valence-electron chi connectivity index (χ4n) is 1.78. The van der Waals surface area contributed by atoms with Gasteiger partial charge in [-0.2, -0.15) is 0 Å². The average molecular weight is 259 g/mol. The van der Waals surface area contributed by atoms with Crippen LogP contribution >= 0.6 is 0 Å². The summed E-state index contributed by atoms with van der Waals surface area (Å²) in [5.74, 6) is -0.502. The van der Waals surface area contributed by atoms with E-state index in [9.17, 15) is 14.3 Å². The number of anilines is 1. The van der Waals surface area contributed by atoms with Gasteiger partial charge in [-0.15, -0.1) is 0 Å². The number of phenols is 1. The zero-order valence-corrected chi connectivity index (χ0v) is 10.7. The first-order valence-electron chi connectivity index (χ1n) is 5.82. The van der Waals surface area contributed by atoms with Crippen molar-refractivity contribution in [3.63, 3.8) is 0 Å². The molecular formula is C15H14FNO2. The molecule has 0 aromatic heterocycles. The van der Waals surface area contributed by atoms with E-state index in [-0.39, 0.29) is 17.5 Å². The summed E-state index contributed by atoms with van der Waals surface area (Å²) in [6, 6.07) is 10.5. The van der Waals surface area contributed by atoms with E-state index in [1.165, 1.54) is 23.1 Å². The highest BCUT2D eigenvalue weighted by Crippen LogP contribution is 2.20. The lowest BCUT2D eigenvalue weighted by Crippen LogP contribution is -2.26. The van der Waals surface area contributed by atoms with Crippen LogP contribution < -0.4 is 4.90 Å². The van der Waals surface area contributed by atoms with Crippen molar-refractivity contribution in [2.75, 3.05) is 11.9 Å². The number of hydrogen-bond donors (Lipinski definition) is 1. The molecule has 19 heavy (non-hydrogen) atoms. The Hall–Kier alpha value is -2.36. The van der Waals surface area contributed by atoms with E-state index in [2.05, 4.69) is 0 Å². The average Bonchev–Trinajstić information content (AvgIpc) is 2.40. The Labute approximate surface area is 110 Å². The van der Waals surface area contributed by atoms with Crippen molar-refractivity contribution >= 4 is 11.6 Å². The second-order valence-electron chi connectivity index (χ2n) is 4.35. The molecule has 0 aliphatic rings. The molecule has 0 heterocycles. The highest BCUT2D eigenvalue weighted by atomic mass is 19.1. The number of benzene rings is 2. The van der Waals surface area contributed by atoms with E-state index in [1.54, 1.807) is 38.2 Å². The minimum atomic E-state index is -0.390.